The topological polar surface area (TPSA) is 86.9 Å². The minimum Gasteiger partial charge on any atom is -0.395 e. The van der Waals surface area contributed by atoms with Crippen molar-refractivity contribution in [3.05, 3.63) is 20.4 Å². The smallest absolute Gasteiger partial charge is 0.253 e. The van der Waals surface area contributed by atoms with Crippen LogP contribution in [0, 0.1) is 0 Å². The van der Waals surface area contributed by atoms with Crippen LogP contribution in [0.3, 0.4) is 0 Å². The van der Waals surface area contributed by atoms with Crippen LogP contribution in [0.15, 0.2) is 9.59 Å². The molecule has 1 heterocycles. The number of rotatable bonds is 3. The van der Waals surface area contributed by atoms with Crippen LogP contribution in [0.2, 0.25) is 0 Å². The van der Waals surface area contributed by atoms with Gasteiger partial charge in [-0.25, -0.2) is 0 Å². The summed E-state index contributed by atoms with van der Waals surface area (Å²) in [5.41, 5.74) is 4.95. The number of anilines is 2. The Balaban J connectivity index is 2.00. The number of β-amino-alcohol motifs (C(OH)–C–C–N with tert-alkyl or cyclic N) is 1. The van der Waals surface area contributed by atoms with Gasteiger partial charge in [0.2, 0.25) is 0 Å². The van der Waals surface area contributed by atoms with Gasteiger partial charge in [-0.2, -0.15) is 0 Å². The van der Waals surface area contributed by atoms with E-state index in [4.69, 9.17) is 10.8 Å². The number of aliphatic hydroxyl groups excluding tert-OH is 1. The summed E-state index contributed by atoms with van der Waals surface area (Å²) < 4.78 is 0. The molecule has 16 heavy (non-hydrogen) atoms. The molecule has 88 valence electrons. The van der Waals surface area contributed by atoms with E-state index in [1.807, 2.05) is 4.90 Å². The van der Waals surface area contributed by atoms with Crippen LogP contribution in [-0.4, -0.2) is 49.3 Å². The summed E-state index contributed by atoms with van der Waals surface area (Å²) >= 11 is 0. The number of nitrogens with two attached hydrogens (primary N) is 1. The third-order valence-corrected chi connectivity index (χ3v) is 3.03. The lowest BCUT2D eigenvalue weighted by molar-refractivity contribution is 0.188. The molecule has 1 aliphatic heterocycles. The van der Waals surface area contributed by atoms with Crippen molar-refractivity contribution in [2.75, 3.05) is 50.0 Å². The second-order valence-corrected chi connectivity index (χ2v) is 3.97. The average molecular weight is 225 g/mol. The fraction of sp³-hybridized carbons (Fsp3) is 0.600. The number of aliphatic hydroxyl groups is 1. The molecule has 0 spiro atoms. The van der Waals surface area contributed by atoms with Crippen molar-refractivity contribution in [2.24, 2.45) is 0 Å². The van der Waals surface area contributed by atoms with Crippen LogP contribution >= 0.6 is 0 Å². The maximum Gasteiger partial charge on any atom is 0.253 e. The normalized spacial score (nSPS) is 18.2. The molecule has 0 radical (unpaired) electrons. The standard InChI is InChI=1S/C10H15N3O3/c11-7-8(10(16)9(7)15)13-3-1-12(2-4-13)5-6-14/h14H,1-6,11H2. The minimum absolute atomic E-state index is 0.0978. The molecular formula is C10H15N3O3. The van der Waals surface area contributed by atoms with E-state index in [0.717, 1.165) is 13.1 Å². The van der Waals surface area contributed by atoms with E-state index in [2.05, 4.69) is 4.90 Å². The molecule has 3 N–H and O–H groups in total. The molecule has 6 nitrogen and oxygen atoms in total. The zero-order valence-electron chi connectivity index (χ0n) is 8.98. The third kappa shape index (κ3) is 1.70. The average Bonchev–Trinajstić information content (AvgIpc) is 2.31. The lowest BCUT2D eigenvalue weighted by Crippen LogP contribution is -2.52. The molecular weight excluding hydrogens is 210 g/mol. The van der Waals surface area contributed by atoms with Crippen molar-refractivity contribution in [1.82, 2.24) is 4.90 Å². The zero-order chi connectivity index (χ0) is 11.7. The Labute approximate surface area is 92.6 Å². The second kappa shape index (κ2) is 4.23. The Bertz CT molecular complexity index is 442. The molecule has 1 aliphatic rings. The molecule has 0 atom stereocenters. The van der Waals surface area contributed by atoms with E-state index in [9.17, 15) is 9.59 Å². The van der Waals surface area contributed by atoms with E-state index < -0.39 is 10.9 Å². The summed E-state index contributed by atoms with van der Waals surface area (Å²) in [6, 6.07) is 0. The predicted molar refractivity (Wildman–Crippen MR) is 61.5 cm³/mol. The largest absolute Gasteiger partial charge is 0.395 e. The summed E-state index contributed by atoms with van der Waals surface area (Å²) in [6.45, 7) is 3.69. The maximum atomic E-state index is 11.3. The summed E-state index contributed by atoms with van der Waals surface area (Å²) in [4.78, 5) is 26.2. The summed E-state index contributed by atoms with van der Waals surface area (Å²) in [7, 11) is 0. The van der Waals surface area contributed by atoms with Gasteiger partial charge in [-0.3, -0.25) is 14.5 Å². The first-order valence-corrected chi connectivity index (χ1v) is 5.32. The van der Waals surface area contributed by atoms with Gasteiger partial charge in [0.1, 0.15) is 11.4 Å². The van der Waals surface area contributed by atoms with Crippen LogP contribution < -0.4 is 21.5 Å². The second-order valence-electron chi connectivity index (χ2n) is 3.97. The van der Waals surface area contributed by atoms with E-state index in [1.54, 1.807) is 0 Å². The van der Waals surface area contributed by atoms with Crippen LogP contribution in [0.1, 0.15) is 0 Å². The quantitative estimate of drug-likeness (QED) is 0.577. The fourth-order valence-corrected chi connectivity index (χ4v) is 2.05. The van der Waals surface area contributed by atoms with Gasteiger partial charge in [0, 0.05) is 32.7 Å². The van der Waals surface area contributed by atoms with Gasteiger partial charge in [0.05, 0.1) is 6.61 Å². The lowest BCUT2D eigenvalue weighted by Gasteiger charge is -2.36. The number of nitrogen functional groups attached to an aromatic ring is 1. The van der Waals surface area contributed by atoms with Crippen LogP contribution in [-0.2, 0) is 0 Å². The Morgan fingerprint density at radius 1 is 1.12 bits per heavy atom. The molecule has 0 bridgehead atoms. The summed E-state index contributed by atoms with van der Waals surface area (Å²) in [6.07, 6.45) is 0. The Hall–Kier alpha value is -1.40. The van der Waals surface area contributed by atoms with Crippen molar-refractivity contribution in [2.45, 2.75) is 0 Å². The van der Waals surface area contributed by atoms with Gasteiger partial charge < -0.3 is 15.7 Å². The Morgan fingerprint density at radius 2 is 1.75 bits per heavy atom. The number of hydrogen-bond acceptors (Lipinski definition) is 6. The third-order valence-electron chi connectivity index (χ3n) is 3.03. The highest BCUT2D eigenvalue weighted by molar-refractivity contribution is 5.72. The SMILES string of the molecule is Nc1c(N2CCN(CCO)CC2)c(=O)c1=O. The van der Waals surface area contributed by atoms with Crippen molar-refractivity contribution >= 4 is 11.4 Å². The molecule has 0 aliphatic carbocycles. The van der Waals surface area contributed by atoms with Crippen molar-refractivity contribution < 1.29 is 5.11 Å². The first-order valence-electron chi connectivity index (χ1n) is 5.32. The van der Waals surface area contributed by atoms with Gasteiger partial charge in [-0.15, -0.1) is 0 Å². The van der Waals surface area contributed by atoms with Crippen molar-refractivity contribution in [3.63, 3.8) is 0 Å². The maximum absolute atomic E-state index is 11.3. The Morgan fingerprint density at radius 3 is 2.25 bits per heavy atom. The monoisotopic (exact) mass is 225 g/mol. The predicted octanol–water partition coefficient (Wildman–Crippen LogP) is -2.02. The molecule has 0 saturated carbocycles. The van der Waals surface area contributed by atoms with E-state index in [1.165, 1.54) is 0 Å². The molecule has 1 fully saturated rings. The fourth-order valence-electron chi connectivity index (χ4n) is 2.05. The van der Waals surface area contributed by atoms with E-state index in [-0.39, 0.29) is 12.3 Å². The summed E-state index contributed by atoms with van der Waals surface area (Å²) in [5, 5.41) is 8.79. The minimum atomic E-state index is -0.562. The van der Waals surface area contributed by atoms with E-state index >= 15 is 0 Å². The molecule has 0 unspecified atom stereocenters. The van der Waals surface area contributed by atoms with Crippen LogP contribution in [0.25, 0.3) is 0 Å². The summed E-state index contributed by atoms with van der Waals surface area (Å²) in [5.74, 6) is 0. The molecule has 1 aromatic carbocycles. The number of piperazine rings is 1. The molecule has 0 amide bonds. The number of nitrogens with zero attached hydrogens (tertiary/aromatic N) is 2. The molecule has 2 rings (SSSR count). The van der Waals surface area contributed by atoms with Crippen LogP contribution in [0.4, 0.5) is 11.4 Å². The van der Waals surface area contributed by atoms with Crippen molar-refractivity contribution in [3.8, 4) is 0 Å². The van der Waals surface area contributed by atoms with Crippen molar-refractivity contribution in [1.29, 1.82) is 0 Å². The zero-order valence-corrected chi connectivity index (χ0v) is 8.98. The number of hydrogen-bond donors (Lipinski definition) is 2. The van der Waals surface area contributed by atoms with Gasteiger partial charge in [-0.1, -0.05) is 0 Å². The van der Waals surface area contributed by atoms with Crippen LogP contribution in [0.5, 0.6) is 0 Å². The first kappa shape index (κ1) is 11.1. The van der Waals surface area contributed by atoms with Gasteiger partial charge in [-0.05, 0) is 0 Å². The molecule has 1 saturated heterocycles. The van der Waals surface area contributed by atoms with Gasteiger partial charge >= 0.3 is 0 Å². The molecule has 1 aromatic rings. The van der Waals surface area contributed by atoms with Gasteiger partial charge in [0.25, 0.3) is 10.9 Å². The van der Waals surface area contributed by atoms with E-state index in [0.29, 0.717) is 25.3 Å². The highest BCUT2D eigenvalue weighted by Gasteiger charge is 2.26. The Kier molecular flexibility index (Phi) is 2.93. The molecule has 0 aromatic heterocycles. The molecule has 6 heteroatoms. The first-order chi connectivity index (χ1) is 7.65. The highest BCUT2D eigenvalue weighted by Crippen LogP contribution is 2.17. The van der Waals surface area contributed by atoms with Gasteiger partial charge in [0.15, 0.2) is 0 Å². The lowest BCUT2D eigenvalue weighted by atomic mass is 10.1. The highest BCUT2D eigenvalue weighted by atomic mass is 16.3.